The zero-order valence-corrected chi connectivity index (χ0v) is 15.2. The SMILES string of the molecule is COC(=O)C[C@@H]1C(=O)N(Cc2ccccc2)CC(=O)N1Cc1ccccc1. The van der Waals surface area contributed by atoms with Gasteiger partial charge in [-0.05, 0) is 11.1 Å². The Morgan fingerprint density at radius 2 is 1.52 bits per heavy atom. The minimum atomic E-state index is -0.859. The summed E-state index contributed by atoms with van der Waals surface area (Å²) in [5.41, 5.74) is 1.84. The van der Waals surface area contributed by atoms with Crippen molar-refractivity contribution in [2.45, 2.75) is 25.6 Å². The van der Waals surface area contributed by atoms with Gasteiger partial charge in [0.25, 0.3) is 0 Å². The van der Waals surface area contributed by atoms with E-state index in [0.29, 0.717) is 6.54 Å². The molecule has 2 aromatic rings. The largest absolute Gasteiger partial charge is 0.469 e. The van der Waals surface area contributed by atoms with Gasteiger partial charge in [0.05, 0.1) is 13.5 Å². The van der Waals surface area contributed by atoms with Crippen molar-refractivity contribution in [3.8, 4) is 0 Å². The Hall–Kier alpha value is -3.15. The summed E-state index contributed by atoms with van der Waals surface area (Å²) in [6.45, 7) is 0.618. The Labute approximate surface area is 158 Å². The minimum absolute atomic E-state index is 0.00175. The maximum absolute atomic E-state index is 13.1. The predicted octanol–water partition coefficient (Wildman–Crippen LogP) is 1.99. The fourth-order valence-electron chi connectivity index (χ4n) is 3.20. The van der Waals surface area contributed by atoms with Crippen LogP contribution in [-0.4, -0.2) is 47.3 Å². The van der Waals surface area contributed by atoms with Gasteiger partial charge in [0, 0.05) is 13.1 Å². The van der Waals surface area contributed by atoms with Crippen LogP contribution in [0.15, 0.2) is 60.7 Å². The highest BCUT2D eigenvalue weighted by molar-refractivity contribution is 5.96. The van der Waals surface area contributed by atoms with E-state index in [-0.39, 0.29) is 31.3 Å². The monoisotopic (exact) mass is 366 g/mol. The van der Waals surface area contributed by atoms with Crippen molar-refractivity contribution in [3.05, 3.63) is 71.8 Å². The zero-order valence-electron chi connectivity index (χ0n) is 15.2. The first kappa shape index (κ1) is 18.6. The van der Waals surface area contributed by atoms with E-state index in [1.807, 2.05) is 60.7 Å². The molecule has 0 saturated carbocycles. The van der Waals surface area contributed by atoms with Gasteiger partial charge in [0.15, 0.2) is 0 Å². The molecule has 0 radical (unpaired) electrons. The van der Waals surface area contributed by atoms with Crippen LogP contribution in [0, 0.1) is 0 Å². The Morgan fingerprint density at radius 1 is 0.963 bits per heavy atom. The Balaban J connectivity index is 1.82. The second kappa shape index (κ2) is 8.49. The zero-order chi connectivity index (χ0) is 19.2. The van der Waals surface area contributed by atoms with Gasteiger partial charge in [-0.25, -0.2) is 0 Å². The Kier molecular flexibility index (Phi) is 5.86. The van der Waals surface area contributed by atoms with E-state index in [0.717, 1.165) is 11.1 Å². The van der Waals surface area contributed by atoms with Crippen LogP contribution in [0.25, 0.3) is 0 Å². The summed E-state index contributed by atoms with van der Waals surface area (Å²) in [5, 5.41) is 0. The molecule has 1 atom stereocenters. The van der Waals surface area contributed by atoms with Crippen LogP contribution in [0.5, 0.6) is 0 Å². The Bertz CT molecular complexity index is 807. The van der Waals surface area contributed by atoms with Crippen molar-refractivity contribution in [2.75, 3.05) is 13.7 Å². The lowest BCUT2D eigenvalue weighted by Gasteiger charge is -2.40. The number of methoxy groups -OCH3 is 1. The molecular weight excluding hydrogens is 344 g/mol. The lowest BCUT2D eigenvalue weighted by Crippen LogP contribution is -2.59. The number of benzene rings is 2. The highest BCUT2D eigenvalue weighted by atomic mass is 16.5. The second-order valence-corrected chi connectivity index (χ2v) is 6.48. The summed E-state index contributed by atoms with van der Waals surface area (Å²) in [6, 6.07) is 18.1. The molecule has 1 saturated heterocycles. The van der Waals surface area contributed by atoms with Gasteiger partial charge in [-0.1, -0.05) is 60.7 Å². The highest BCUT2D eigenvalue weighted by Crippen LogP contribution is 2.21. The number of nitrogens with zero attached hydrogens (tertiary/aromatic N) is 2. The topological polar surface area (TPSA) is 66.9 Å². The summed E-state index contributed by atoms with van der Waals surface area (Å²) in [7, 11) is 1.28. The molecule has 0 aromatic heterocycles. The first-order chi connectivity index (χ1) is 13.1. The smallest absolute Gasteiger partial charge is 0.308 e. The molecule has 1 fully saturated rings. The van der Waals surface area contributed by atoms with Crippen molar-refractivity contribution in [2.24, 2.45) is 0 Å². The van der Waals surface area contributed by atoms with Gasteiger partial charge >= 0.3 is 5.97 Å². The van der Waals surface area contributed by atoms with Crippen LogP contribution in [-0.2, 0) is 32.2 Å². The number of rotatable bonds is 6. The van der Waals surface area contributed by atoms with Crippen molar-refractivity contribution in [1.29, 1.82) is 0 Å². The van der Waals surface area contributed by atoms with E-state index in [4.69, 9.17) is 4.74 Å². The van der Waals surface area contributed by atoms with Crippen LogP contribution in [0.4, 0.5) is 0 Å². The summed E-state index contributed by atoms with van der Waals surface area (Å²) in [5.74, 6) is -0.927. The van der Waals surface area contributed by atoms with E-state index in [1.165, 1.54) is 16.9 Å². The molecule has 6 heteroatoms. The van der Waals surface area contributed by atoms with Crippen LogP contribution in [0.3, 0.4) is 0 Å². The molecule has 0 N–H and O–H groups in total. The van der Waals surface area contributed by atoms with Crippen LogP contribution in [0.2, 0.25) is 0 Å². The molecule has 2 aromatic carbocycles. The lowest BCUT2D eigenvalue weighted by molar-refractivity contribution is -0.160. The molecule has 0 spiro atoms. The lowest BCUT2D eigenvalue weighted by atomic mass is 10.0. The molecule has 140 valence electrons. The number of amides is 2. The van der Waals surface area contributed by atoms with Gasteiger partial charge in [0.1, 0.15) is 12.6 Å². The molecule has 1 heterocycles. The summed E-state index contributed by atoms with van der Waals surface area (Å²) in [4.78, 5) is 40.7. The Morgan fingerprint density at radius 3 is 2.07 bits per heavy atom. The standard InChI is InChI=1S/C21H22N2O4/c1-27-20(25)12-18-21(26)22(13-16-8-4-2-5-9-16)15-19(24)23(18)14-17-10-6-3-7-11-17/h2-11,18H,12-15H2,1H3/t18-/m1/s1. The number of piperazine rings is 1. The third-order valence-corrected chi connectivity index (χ3v) is 4.62. The fourth-order valence-corrected chi connectivity index (χ4v) is 3.20. The third kappa shape index (κ3) is 4.53. The summed E-state index contributed by atoms with van der Waals surface area (Å²) in [6.07, 6.45) is -0.154. The van der Waals surface area contributed by atoms with Crippen molar-refractivity contribution in [3.63, 3.8) is 0 Å². The molecular formula is C21H22N2O4. The third-order valence-electron chi connectivity index (χ3n) is 4.62. The molecule has 2 amide bonds. The molecule has 0 bridgehead atoms. The molecule has 1 aliphatic rings. The number of hydrogen-bond acceptors (Lipinski definition) is 4. The molecule has 3 rings (SSSR count). The average Bonchev–Trinajstić information content (AvgIpc) is 2.70. The number of carbonyl (C=O) groups excluding carboxylic acids is 3. The van der Waals surface area contributed by atoms with Crippen LogP contribution < -0.4 is 0 Å². The maximum Gasteiger partial charge on any atom is 0.308 e. The molecule has 27 heavy (non-hydrogen) atoms. The highest BCUT2D eigenvalue weighted by Gasteiger charge is 2.40. The summed E-state index contributed by atoms with van der Waals surface area (Å²) < 4.78 is 4.74. The van der Waals surface area contributed by atoms with Crippen LogP contribution in [0.1, 0.15) is 17.5 Å². The van der Waals surface area contributed by atoms with E-state index in [1.54, 1.807) is 0 Å². The average molecular weight is 366 g/mol. The van der Waals surface area contributed by atoms with E-state index >= 15 is 0 Å². The normalized spacial score (nSPS) is 17.1. The maximum atomic E-state index is 13.1. The molecule has 6 nitrogen and oxygen atoms in total. The van der Waals surface area contributed by atoms with E-state index in [9.17, 15) is 14.4 Å². The van der Waals surface area contributed by atoms with E-state index < -0.39 is 12.0 Å². The van der Waals surface area contributed by atoms with E-state index in [2.05, 4.69) is 0 Å². The molecule has 1 aliphatic heterocycles. The minimum Gasteiger partial charge on any atom is -0.469 e. The van der Waals surface area contributed by atoms with Gasteiger partial charge in [-0.15, -0.1) is 0 Å². The van der Waals surface area contributed by atoms with Crippen LogP contribution >= 0.6 is 0 Å². The van der Waals surface area contributed by atoms with Gasteiger partial charge in [0.2, 0.25) is 11.8 Å². The second-order valence-electron chi connectivity index (χ2n) is 6.48. The molecule has 0 unspecified atom stereocenters. The fraction of sp³-hybridized carbons (Fsp3) is 0.286. The molecule has 0 aliphatic carbocycles. The van der Waals surface area contributed by atoms with Crippen molar-refractivity contribution >= 4 is 17.8 Å². The van der Waals surface area contributed by atoms with Gasteiger partial charge in [-0.2, -0.15) is 0 Å². The predicted molar refractivity (Wildman–Crippen MR) is 99.3 cm³/mol. The number of esters is 1. The number of carbonyl (C=O) groups is 3. The first-order valence-electron chi connectivity index (χ1n) is 8.81. The number of hydrogen-bond donors (Lipinski definition) is 0. The van der Waals surface area contributed by atoms with Gasteiger partial charge in [-0.3, -0.25) is 14.4 Å². The quantitative estimate of drug-likeness (QED) is 0.734. The van der Waals surface area contributed by atoms with Gasteiger partial charge < -0.3 is 14.5 Å². The van der Waals surface area contributed by atoms with Crippen molar-refractivity contribution < 1.29 is 19.1 Å². The first-order valence-corrected chi connectivity index (χ1v) is 8.81. The van der Waals surface area contributed by atoms with Crippen molar-refractivity contribution in [1.82, 2.24) is 9.80 Å². The number of ether oxygens (including phenoxy) is 1. The summed E-state index contributed by atoms with van der Waals surface area (Å²) >= 11 is 0.